The smallest absolute Gasteiger partial charge is 0.339 e. The first-order valence-electron chi connectivity index (χ1n) is 9.45. The minimum Gasteiger partial charge on any atom is -0.379 e. The third-order valence-electron chi connectivity index (χ3n) is 4.46. The Kier molecular flexibility index (Phi) is 7.90. The highest BCUT2D eigenvalue weighted by Crippen LogP contribution is 2.22. The summed E-state index contributed by atoms with van der Waals surface area (Å²) in [6.45, 7) is 8.34. The number of nitrogens with one attached hydrogen (secondary N) is 1. The fourth-order valence-corrected chi connectivity index (χ4v) is 3.76. The van der Waals surface area contributed by atoms with Crippen LogP contribution in [0.3, 0.4) is 0 Å². The lowest BCUT2D eigenvalue weighted by Crippen LogP contribution is -2.38. The van der Waals surface area contributed by atoms with Gasteiger partial charge in [-0.2, -0.15) is 8.42 Å². The van der Waals surface area contributed by atoms with Crippen LogP contribution >= 0.6 is 0 Å². The van der Waals surface area contributed by atoms with Crippen LogP contribution in [0.4, 0.5) is 5.69 Å². The molecule has 9 nitrogen and oxygen atoms in total. The first-order chi connectivity index (χ1) is 14.1. The van der Waals surface area contributed by atoms with Crippen LogP contribution in [-0.2, 0) is 10.1 Å². The summed E-state index contributed by atoms with van der Waals surface area (Å²) in [5.41, 5.74) is 0.00786. The van der Waals surface area contributed by atoms with Crippen LogP contribution in [0.15, 0.2) is 53.4 Å². The average molecular weight is 436 g/mol. The van der Waals surface area contributed by atoms with Gasteiger partial charge in [0, 0.05) is 36.8 Å². The molecular formula is C20H25N3O6S. The summed E-state index contributed by atoms with van der Waals surface area (Å²) < 4.78 is 29.7. The number of likely N-dealkylation sites (N-methyl/N-ethyl adjacent to an activating group) is 1. The van der Waals surface area contributed by atoms with Crippen molar-refractivity contribution in [1.29, 1.82) is 0 Å². The van der Waals surface area contributed by atoms with Crippen LogP contribution in [0.2, 0.25) is 0 Å². The number of nitrogens with zero attached hydrogens (tertiary/aromatic N) is 2. The molecule has 0 aliphatic rings. The number of hydrogen-bond donors (Lipinski definition) is 1. The Morgan fingerprint density at radius 3 is 2.43 bits per heavy atom. The molecule has 30 heavy (non-hydrogen) atoms. The normalized spacial score (nSPS) is 11.5. The van der Waals surface area contributed by atoms with Crippen LogP contribution in [0.1, 0.15) is 31.1 Å². The fraction of sp³-hybridized carbons (Fsp3) is 0.350. The highest BCUT2D eigenvalue weighted by molar-refractivity contribution is 7.87. The van der Waals surface area contributed by atoms with Crippen molar-refractivity contribution in [2.75, 3.05) is 19.6 Å². The zero-order valence-electron chi connectivity index (χ0n) is 17.1. The lowest BCUT2D eigenvalue weighted by atomic mass is 10.2. The SMILES string of the molecule is CCN(CCNC(=O)c1ccc(OS(=O)(=O)c2cccc([N+](=O)[O-])c2)cc1)C(C)C. The number of hydrogen-bond acceptors (Lipinski definition) is 7. The monoisotopic (exact) mass is 435 g/mol. The molecule has 0 atom stereocenters. The molecule has 0 heterocycles. The van der Waals surface area contributed by atoms with E-state index < -0.39 is 15.0 Å². The van der Waals surface area contributed by atoms with E-state index in [1.54, 1.807) is 0 Å². The Hall–Kier alpha value is -2.98. The Bertz CT molecular complexity index is 990. The molecule has 0 radical (unpaired) electrons. The van der Waals surface area contributed by atoms with Gasteiger partial charge in [0.2, 0.25) is 0 Å². The molecule has 0 spiro atoms. The second-order valence-electron chi connectivity index (χ2n) is 6.79. The summed E-state index contributed by atoms with van der Waals surface area (Å²) in [4.78, 5) is 24.3. The summed E-state index contributed by atoms with van der Waals surface area (Å²) in [6, 6.07) is 10.6. The third-order valence-corrected chi connectivity index (χ3v) is 5.70. The highest BCUT2D eigenvalue weighted by Gasteiger charge is 2.20. The molecule has 2 rings (SSSR count). The first-order valence-corrected chi connectivity index (χ1v) is 10.9. The number of benzene rings is 2. The van der Waals surface area contributed by atoms with Crippen LogP contribution in [0.25, 0.3) is 0 Å². The summed E-state index contributed by atoms with van der Waals surface area (Å²) in [5.74, 6) is -0.280. The van der Waals surface area contributed by atoms with Gasteiger partial charge in [-0.05, 0) is 50.7 Å². The standard InChI is InChI=1S/C20H25N3O6S/c1-4-22(15(2)3)13-12-21-20(24)16-8-10-18(11-9-16)29-30(27,28)19-7-5-6-17(14-19)23(25)26/h5-11,14-15H,4,12-13H2,1-3H3,(H,21,24). The Labute approximate surface area is 175 Å². The van der Waals surface area contributed by atoms with Crippen molar-refractivity contribution in [1.82, 2.24) is 10.2 Å². The van der Waals surface area contributed by atoms with Crippen molar-refractivity contribution in [3.63, 3.8) is 0 Å². The van der Waals surface area contributed by atoms with Gasteiger partial charge in [0.05, 0.1) is 4.92 Å². The van der Waals surface area contributed by atoms with Crippen LogP contribution in [-0.4, -0.2) is 49.8 Å². The van der Waals surface area contributed by atoms with Gasteiger partial charge in [-0.15, -0.1) is 0 Å². The molecule has 0 saturated heterocycles. The van der Waals surface area contributed by atoms with E-state index in [0.717, 1.165) is 19.2 Å². The van der Waals surface area contributed by atoms with E-state index in [1.165, 1.54) is 42.5 Å². The van der Waals surface area contributed by atoms with E-state index in [-0.39, 0.29) is 22.2 Å². The molecular weight excluding hydrogens is 410 g/mol. The van der Waals surface area contributed by atoms with Gasteiger partial charge in [0.25, 0.3) is 11.6 Å². The maximum atomic E-state index is 12.4. The number of carbonyl (C=O) groups excluding carboxylic acids is 1. The summed E-state index contributed by atoms with van der Waals surface area (Å²) in [7, 11) is -4.25. The Balaban J connectivity index is 2.01. The number of nitro benzene ring substituents is 1. The number of non-ortho nitro benzene ring substituents is 1. The van der Waals surface area contributed by atoms with Crippen LogP contribution in [0, 0.1) is 10.1 Å². The van der Waals surface area contributed by atoms with Crippen molar-refractivity contribution < 1.29 is 22.3 Å². The maximum Gasteiger partial charge on any atom is 0.339 e. The minimum atomic E-state index is -4.25. The Morgan fingerprint density at radius 2 is 1.87 bits per heavy atom. The van der Waals surface area contributed by atoms with Gasteiger partial charge in [-0.3, -0.25) is 19.8 Å². The second-order valence-corrected chi connectivity index (χ2v) is 8.34. The van der Waals surface area contributed by atoms with Gasteiger partial charge in [-0.25, -0.2) is 0 Å². The number of amides is 1. The molecule has 0 saturated carbocycles. The molecule has 0 fully saturated rings. The predicted molar refractivity (Wildman–Crippen MR) is 112 cm³/mol. The van der Waals surface area contributed by atoms with Gasteiger partial charge in [-0.1, -0.05) is 13.0 Å². The van der Waals surface area contributed by atoms with E-state index in [1.807, 2.05) is 0 Å². The van der Waals surface area contributed by atoms with Crippen molar-refractivity contribution in [3.05, 3.63) is 64.2 Å². The first kappa shape index (κ1) is 23.3. The summed E-state index contributed by atoms with van der Waals surface area (Å²) in [6.07, 6.45) is 0. The Morgan fingerprint density at radius 1 is 1.20 bits per heavy atom. The van der Waals surface area contributed by atoms with E-state index >= 15 is 0 Å². The molecule has 0 aliphatic heterocycles. The largest absolute Gasteiger partial charge is 0.379 e. The quantitative estimate of drug-likeness (QED) is 0.346. The second kappa shape index (κ2) is 10.2. The molecule has 1 amide bonds. The van der Waals surface area contributed by atoms with Crippen molar-refractivity contribution in [2.45, 2.75) is 31.7 Å². The number of carbonyl (C=O) groups is 1. The lowest BCUT2D eigenvalue weighted by molar-refractivity contribution is -0.385. The van der Waals surface area contributed by atoms with E-state index in [9.17, 15) is 23.3 Å². The summed E-state index contributed by atoms with van der Waals surface area (Å²) >= 11 is 0. The van der Waals surface area contributed by atoms with Gasteiger partial charge >= 0.3 is 10.1 Å². The molecule has 1 N–H and O–H groups in total. The average Bonchev–Trinajstić information content (AvgIpc) is 2.71. The zero-order valence-corrected chi connectivity index (χ0v) is 17.9. The highest BCUT2D eigenvalue weighted by atomic mass is 32.2. The molecule has 0 aliphatic carbocycles. The number of nitro groups is 1. The molecule has 2 aromatic carbocycles. The number of rotatable bonds is 10. The van der Waals surface area contributed by atoms with E-state index in [4.69, 9.17) is 4.18 Å². The minimum absolute atomic E-state index is 0.00461. The van der Waals surface area contributed by atoms with Crippen molar-refractivity contribution in [3.8, 4) is 5.75 Å². The maximum absolute atomic E-state index is 12.4. The van der Waals surface area contributed by atoms with E-state index in [2.05, 4.69) is 31.0 Å². The zero-order chi connectivity index (χ0) is 22.3. The molecule has 0 aromatic heterocycles. The fourth-order valence-electron chi connectivity index (χ4n) is 2.79. The third kappa shape index (κ3) is 6.26. The van der Waals surface area contributed by atoms with Gasteiger partial charge < -0.3 is 9.50 Å². The van der Waals surface area contributed by atoms with E-state index in [0.29, 0.717) is 18.2 Å². The molecule has 2 aromatic rings. The topological polar surface area (TPSA) is 119 Å². The summed E-state index contributed by atoms with van der Waals surface area (Å²) in [5, 5.41) is 13.7. The van der Waals surface area contributed by atoms with Crippen LogP contribution in [0.5, 0.6) is 5.75 Å². The van der Waals surface area contributed by atoms with Gasteiger partial charge in [0.1, 0.15) is 10.6 Å². The molecule has 0 unspecified atom stereocenters. The van der Waals surface area contributed by atoms with Crippen LogP contribution < -0.4 is 9.50 Å². The molecule has 0 bridgehead atoms. The van der Waals surface area contributed by atoms with Gasteiger partial charge in [0.15, 0.2) is 0 Å². The van der Waals surface area contributed by atoms with Crippen molar-refractivity contribution in [2.24, 2.45) is 0 Å². The predicted octanol–water partition coefficient (Wildman–Crippen LogP) is 2.82. The lowest BCUT2D eigenvalue weighted by Gasteiger charge is -2.24. The van der Waals surface area contributed by atoms with Crippen molar-refractivity contribution >= 4 is 21.7 Å². The molecule has 10 heteroatoms. The molecule has 162 valence electrons.